The zero-order chi connectivity index (χ0) is 18.5. The van der Waals surface area contributed by atoms with Crippen molar-refractivity contribution in [2.24, 2.45) is 0 Å². The first-order chi connectivity index (χ1) is 12.5. The van der Waals surface area contributed by atoms with Crippen molar-refractivity contribution in [3.8, 4) is 0 Å². The number of rotatable bonds is 5. The van der Waals surface area contributed by atoms with Gasteiger partial charge in [0.2, 0.25) is 0 Å². The van der Waals surface area contributed by atoms with E-state index in [1.807, 2.05) is 13.0 Å². The quantitative estimate of drug-likeness (QED) is 0.696. The van der Waals surface area contributed by atoms with Crippen LogP contribution in [-0.4, -0.2) is 15.9 Å². The summed E-state index contributed by atoms with van der Waals surface area (Å²) in [6, 6.07) is 11.4. The topological polar surface area (TPSA) is 66.9 Å². The van der Waals surface area contributed by atoms with Gasteiger partial charge in [0.1, 0.15) is 17.3 Å². The van der Waals surface area contributed by atoms with Crippen molar-refractivity contribution in [3.63, 3.8) is 0 Å². The Balaban J connectivity index is 1.62. The molecule has 26 heavy (non-hydrogen) atoms. The van der Waals surface area contributed by atoms with Crippen LogP contribution in [0.1, 0.15) is 21.6 Å². The van der Waals surface area contributed by atoms with Crippen LogP contribution in [0.5, 0.6) is 0 Å². The molecule has 3 aromatic rings. The summed E-state index contributed by atoms with van der Waals surface area (Å²) in [5.41, 5.74) is 2.62. The summed E-state index contributed by atoms with van der Waals surface area (Å²) in [5, 5.41) is 6.37. The van der Waals surface area contributed by atoms with Gasteiger partial charge in [-0.2, -0.15) is 0 Å². The first kappa shape index (κ1) is 17.8. The number of aromatic nitrogens is 2. The molecule has 132 valence electrons. The van der Waals surface area contributed by atoms with E-state index in [4.69, 9.17) is 11.6 Å². The van der Waals surface area contributed by atoms with E-state index in [1.165, 1.54) is 24.5 Å². The number of nitrogens with one attached hydrogen (secondary N) is 2. The molecular weight excluding hydrogens is 355 g/mol. The van der Waals surface area contributed by atoms with Gasteiger partial charge in [-0.25, -0.2) is 14.4 Å². The predicted octanol–water partition coefficient (Wildman–Crippen LogP) is 4.44. The van der Waals surface area contributed by atoms with Crippen LogP contribution in [0.2, 0.25) is 5.02 Å². The molecule has 1 heterocycles. The smallest absolute Gasteiger partial charge is 0.275 e. The molecule has 1 amide bonds. The van der Waals surface area contributed by atoms with Crippen LogP contribution < -0.4 is 10.6 Å². The Kier molecular flexibility index (Phi) is 5.43. The summed E-state index contributed by atoms with van der Waals surface area (Å²) in [6.07, 6.45) is 2.87. The maximum Gasteiger partial charge on any atom is 0.275 e. The lowest BCUT2D eigenvalue weighted by atomic mass is 10.2. The third kappa shape index (κ3) is 4.55. The molecule has 2 N–H and O–H groups in total. The van der Waals surface area contributed by atoms with Gasteiger partial charge in [-0.05, 0) is 42.3 Å². The van der Waals surface area contributed by atoms with Crippen LogP contribution in [0, 0.1) is 12.7 Å². The van der Waals surface area contributed by atoms with E-state index >= 15 is 0 Å². The number of carbonyl (C=O) groups is 1. The standard InChI is InChI=1S/C19H16ClFN4O/c1-12-2-5-14(20)8-16(12)25-19(26)17-10-24-18(11-22-17)23-9-13-3-6-15(21)7-4-13/h2-8,10-11H,9H2,1H3,(H,23,24)(H,25,26). The number of nitrogens with zero attached hydrogens (tertiary/aromatic N) is 2. The van der Waals surface area contributed by atoms with Gasteiger partial charge in [-0.1, -0.05) is 29.8 Å². The van der Waals surface area contributed by atoms with Crippen LogP contribution in [0.3, 0.4) is 0 Å². The lowest BCUT2D eigenvalue weighted by Gasteiger charge is -2.09. The molecule has 0 bridgehead atoms. The maximum atomic E-state index is 12.9. The van der Waals surface area contributed by atoms with Crippen LogP contribution in [0.25, 0.3) is 0 Å². The summed E-state index contributed by atoms with van der Waals surface area (Å²) >= 11 is 5.95. The molecule has 0 spiro atoms. The van der Waals surface area contributed by atoms with E-state index in [0.717, 1.165) is 11.1 Å². The van der Waals surface area contributed by atoms with Gasteiger partial charge in [-0.3, -0.25) is 4.79 Å². The Morgan fingerprint density at radius 3 is 2.58 bits per heavy atom. The lowest BCUT2D eigenvalue weighted by molar-refractivity contribution is 0.102. The van der Waals surface area contributed by atoms with Gasteiger partial charge < -0.3 is 10.6 Å². The molecule has 2 aromatic carbocycles. The predicted molar refractivity (Wildman–Crippen MR) is 99.9 cm³/mol. The van der Waals surface area contributed by atoms with Crippen molar-refractivity contribution < 1.29 is 9.18 Å². The van der Waals surface area contributed by atoms with Crippen molar-refractivity contribution in [3.05, 3.63) is 82.5 Å². The zero-order valence-corrected chi connectivity index (χ0v) is 14.7. The number of carbonyl (C=O) groups excluding carboxylic acids is 1. The normalized spacial score (nSPS) is 10.4. The van der Waals surface area contributed by atoms with Crippen LogP contribution in [0.4, 0.5) is 15.9 Å². The molecule has 0 fully saturated rings. The van der Waals surface area contributed by atoms with E-state index in [9.17, 15) is 9.18 Å². The molecule has 0 aliphatic rings. The monoisotopic (exact) mass is 370 g/mol. The van der Waals surface area contributed by atoms with Crippen molar-refractivity contribution in [2.75, 3.05) is 10.6 Å². The van der Waals surface area contributed by atoms with Crippen LogP contribution in [0.15, 0.2) is 54.9 Å². The van der Waals surface area contributed by atoms with Crippen molar-refractivity contribution in [1.82, 2.24) is 9.97 Å². The van der Waals surface area contributed by atoms with Crippen molar-refractivity contribution in [2.45, 2.75) is 13.5 Å². The fourth-order valence-electron chi connectivity index (χ4n) is 2.25. The molecule has 0 aliphatic carbocycles. The van der Waals surface area contributed by atoms with E-state index < -0.39 is 0 Å². The number of halogens is 2. The molecule has 0 saturated carbocycles. The summed E-state index contributed by atoms with van der Waals surface area (Å²) in [7, 11) is 0. The Bertz CT molecular complexity index is 914. The summed E-state index contributed by atoms with van der Waals surface area (Å²) in [6.45, 7) is 2.35. The molecule has 0 atom stereocenters. The number of anilines is 2. The average molecular weight is 371 g/mol. The SMILES string of the molecule is Cc1ccc(Cl)cc1NC(=O)c1cnc(NCc2ccc(F)cc2)cn1. The molecular formula is C19H16ClFN4O. The number of amides is 1. The summed E-state index contributed by atoms with van der Waals surface area (Å²) < 4.78 is 12.9. The van der Waals surface area contributed by atoms with Gasteiger partial charge in [0.25, 0.3) is 5.91 Å². The molecule has 0 saturated heterocycles. The van der Waals surface area contributed by atoms with Gasteiger partial charge in [0.15, 0.2) is 0 Å². The summed E-state index contributed by atoms with van der Waals surface area (Å²) in [5.74, 6) is -0.128. The largest absolute Gasteiger partial charge is 0.365 e. The van der Waals surface area contributed by atoms with Gasteiger partial charge in [-0.15, -0.1) is 0 Å². The number of aryl methyl sites for hydroxylation is 1. The van der Waals surface area contributed by atoms with E-state index in [1.54, 1.807) is 24.3 Å². The van der Waals surface area contributed by atoms with E-state index in [0.29, 0.717) is 23.1 Å². The highest BCUT2D eigenvalue weighted by Crippen LogP contribution is 2.20. The maximum absolute atomic E-state index is 12.9. The molecule has 5 nitrogen and oxygen atoms in total. The zero-order valence-electron chi connectivity index (χ0n) is 14.0. The highest BCUT2D eigenvalue weighted by molar-refractivity contribution is 6.31. The van der Waals surface area contributed by atoms with Crippen LogP contribution in [-0.2, 0) is 6.54 Å². The Morgan fingerprint density at radius 1 is 1.12 bits per heavy atom. The molecule has 1 aromatic heterocycles. The van der Waals surface area contributed by atoms with Crippen LogP contribution >= 0.6 is 11.6 Å². The van der Waals surface area contributed by atoms with E-state index in [2.05, 4.69) is 20.6 Å². The fraction of sp³-hybridized carbons (Fsp3) is 0.105. The Morgan fingerprint density at radius 2 is 1.88 bits per heavy atom. The average Bonchev–Trinajstić information content (AvgIpc) is 2.64. The highest BCUT2D eigenvalue weighted by atomic mass is 35.5. The van der Waals surface area contributed by atoms with Gasteiger partial charge in [0, 0.05) is 17.3 Å². The minimum absolute atomic E-state index is 0.191. The molecule has 7 heteroatoms. The van der Waals surface area contributed by atoms with Gasteiger partial charge in [0.05, 0.1) is 12.4 Å². The molecule has 0 radical (unpaired) electrons. The third-order valence-corrected chi connectivity index (χ3v) is 3.95. The highest BCUT2D eigenvalue weighted by Gasteiger charge is 2.10. The minimum Gasteiger partial charge on any atom is -0.365 e. The molecule has 0 unspecified atom stereocenters. The second-order valence-electron chi connectivity index (χ2n) is 5.68. The van der Waals surface area contributed by atoms with Gasteiger partial charge >= 0.3 is 0 Å². The second kappa shape index (κ2) is 7.93. The molecule has 0 aliphatic heterocycles. The van der Waals surface area contributed by atoms with Crippen molar-refractivity contribution >= 4 is 29.0 Å². The molecule has 3 rings (SSSR count). The van der Waals surface area contributed by atoms with Crippen molar-refractivity contribution in [1.29, 1.82) is 0 Å². The number of hydrogen-bond donors (Lipinski definition) is 2. The number of hydrogen-bond acceptors (Lipinski definition) is 4. The fourth-order valence-corrected chi connectivity index (χ4v) is 2.42. The lowest BCUT2D eigenvalue weighted by Crippen LogP contribution is -2.15. The number of benzene rings is 2. The first-order valence-corrected chi connectivity index (χ1v) is 8.27. The summed E-state index contributed by atoms with van der Waals surface area (Å²) in [4.78, 5) is 20.6. The third-order valence-electron chi connectivity index (χ3n) is 3.72. The minimum atomic E-state index is -0.368. The Labute approximate surface area is 155 Å². The first-order valence-electron chi connectivity index (χ1n) is 7.89. The second-order valence-corrected chi connectivity index (χ2v) is 6.12. The Hall–Kier alpha value is -2.99. The van der Waals surface area contributed by atoms with E-state index in [-0.39, 0.29) is 17.4 Å².